The van der Waals surface area contributed by atoms with E-state index in [2.05, 4.69) is 20.6 Å². The molecule has 0 unspecified atom stereocenters. The van der Waals surface area contributed by atoms with Crippen LogP contribution in [0.2, 0.25) is 0 Å². The van der Waals surface area contributed by atoms with Crippen LogP contribution in [0, 0.1) is 0 Å². The van der Waals surface area contributed by atoms with Crippen LogP contribution in [-0.2, 0) is 17.8 Å². The van der Waals surface area contributed by atoms with Gasteiger partial charge in [-0.15, -0.1) is 0 Å². The number of methoxy groups -OCH3 is 1. The van der Waals surface area contributed by atoms with E-state index < -0.39 is 5.91 Å². The number of carbonyl (C=O) groups excluding carboxylic acids is 1. The first-order chi connectivity index (χ1) is 16.0. The van der Waals surface area contributed by atoms with Gasteiger partial charge in [0.25, 0.3) is 11.5 Å². The Kier molecular flexibility index (Phi) is 5.65. The van der Waals surface area contributed by atoms with Crippen LogP contribution in [-0.4, -0.2) is 43.9 Å². The highest BCUT2D eigenvalue weighted by Crippen LogP contribution is 2.34. The van der Waals surface area contributed by atoms with E-state index in [1.165, 1.54) is 16.9 Å². The van der Waals surface area contributed by atoms with Crippen molar-refractivity contribution in [3.8, 4) is 0 Å². The Labute approximate surface area is 190 Å². The van der Waals surface area contributed by atoms with E-state index in [4.69, 9.17) is 4.74 Å². The molecule has 5 rings (SSSR count). The molecule has 170 valence electrons. The number of nitrogens with one attached hydrogen (secondary N) is 2. The molecule has 4 aromatic heterocycles. The SMILES string of the molecule is COC1(CNCc2ccc3nc(CNC(=O)c4cc(=O)n5ccccc5n4)cn3c2)CCC1. The summed E-state index contributed by atoms with van der Waals surface area (Å²) in [5, 5.41) is 6.29. The number of pyridine rings is 2. The Hall–Kier alpha value is -3.56. The van der Waals surface area contributed by atoms with Crippen LogP contribution in [0.15, 0.2) is 59.8 Å². The molecule has 0 atom stereocenters. The van der Waals surface area contributed by atoms with Gasteiger partial charge in [-0.25, -0.2) is 9.97 Å². The molecule has 9 nitrogen and oxygen atoms in total. The predicted octanol–water partition coefficient (Wildman–Crippen LogP) is 1.93. The molecule has 2 N–H and O–H groups in total. The van der Waals surface area contributed by atoms with E-state index in [9.17, 15) is 9.59 Å². The molecular formula is C24H26N6O3. The van der Waals surface area contributed by atoms with E-state index in [-0.39, 0.29) is 23.4 Å². The lowest BCUT2D eigenvalue weighted by atomic mass is 9.80. The van der Waals surface area contributed by atoms with Crippen molar-refractivity contribution >= 4 is 17.2 Å². The minimum Gasteiger partial charge on any atom is -0.377 e. The number of imidazole rings is 1. The van der Waals surface area contributed by atoms with Gasteiger partial charge < -0.3 is 19.8 Å². The van der Waals surface area contributed by atoms with Crippen molar-refractivity contribution in [3.05, 3.63) is 82.3 Å². The number of ether oxygens (including phenoxy) is 1. The molecular weight excluding hydrogens is 420 g/mol. The zero-order chi connectivity index (χ0) is 22.8. The first-order valence-corrected chi connectivity index (χ1v) is 11.0. The molecule has 0 bridgehead atoms. The minimum atomic E-state index is -0.413. The van der Waals surface area contributed by atoms with Gasteiger partial charge in [0.05, 0.1) is 17.8 Å². The van der Waals surface area contributed by atoms with E-state index >= 15 is 0 Å². The van der Waals surface area contributed by atoms with Gasteiger partial charge in [-0.2, -0.15) is 0 Å². The van der Waals surface area contributed by atoms with Crippen molar-refractivity contribution in [2.45, 2.75) is 38.0 Å². The number of amides is 1. The molecule has 1 aliphatic carbocycles. The molecule has 0 aliphatic heterocycles. The maximum Gasteiger partial charge on any atom is 0.270 e. The second kappa shape index (κ2) is 8.76. The van der Waals surface area contributed by atoms with E-state index in [0.717, 1.165) is 42.8 Å². The molecule has 1 aliphatic rings. The normalized spacial score (nSPS) is 14.9. The summed E-state index contributed by atoms with van der Waals surface area (Å²) in [5.41, 5.74) is 2.88. The van der Waals surface area contributed by atoms with Gasteiger partial charge in [0.2, 0.25) is 0 Å². The molecule has 4 aromatic rings. The molecule has 1 amide bonds. The van der Waals surface area contributed by atoms with Crippen molar-refractivity contribution in [3.63, 3.8) is 0 Å². The molecule has 0 saturated heterocycles. The van der Waals surface area contributed by atoms with E-state index in [1.54, 1.807) is 31.5 Å². The summed E-state index contributed by atoms with van der Waals surface area (Å²) in [6.07, 6.45) is 8.99. The molecule has 33 heavy (non-hydrogen) atoms. The van der Waals surface area contributed by atoms with Crippen LogP contribution >= 0.6 is 0 Å². The number of fused-ring (bicyclic) bond motifs is 2. The Bertz CT molecular complexity index is 1370. The van der Waals surface area contributed by atoms with Gasteiger partial charge in [-0.05, 0) is 43.0 Å². The van der Waals surface area contributed by atoms with Crippen LogP contribution in [0.5, 0.6) is 0 Å². The molecule has 0 spiro atoms. The summed E-state index contributed by atoms with van der Waals surface area (Å²) in [6, 6.07) is 10.4. The number of carbonyl (C=O) groups is 1. The van der Waals surface area contributed by atoms with Gasteiger partial charge in [-0.3, -0.25) is 14.0 Å². The smallest absolute Gasteiger partial charge is 0.270 e. The Morgan fingerprint density at radius 1 is 1.12 bits per heavy atom. The van der Waals surface area contributed by atoms with Crippen LogP contribution in [0.25, 0.3) is 11.3 Å². The Morgan fingerprint density at radius 2 is 2.00 bits per heavy atom. The first-order valence-electron chi connectivity index (χ1n) is 11.0. The minimum absolute atomic E-state index is 0.00405. The zero-order valence-corrected chi connectivity index (χ0v) is 18.5. The third-order valence-corrected chi connectivity index (χ3v) is 6.27. The Balaban J connectivity index is 1.22. The van der Waals surface area contributed by atoms with Gasteiger partial charge in [0.15, 0.2) is 0 Å². The second-order valence-corrected chi connectivity index (χ2v) is 8.47. The van der Waals surface area contributed by atoms with E-state index in [1.807, 2.05) is 28.9 Å². The van der Waals surface area contributed by atoms with Gasteiger partial charge in [-0.1, -0.05) is 12.1 Å². The highest BCUT2D eigenvalue weighted by molar-refractivity contribution is 5.92. The topological polar surface area (TPSA) is 102 Å². The summed E-state index contributed by atoms with van der Waals surface area (Å²) in [5.74, 6) is -0.413. The number of rotatable bonds is 8. The quantitative estimate of drug-likeness (QED) is 0.429. The molecule has 1 saturated carbocycles. The van der Waals surface area contributed by atoms with Crippen molar-refractivity contribution in [2.24, 2.45) is 0 Å². The monoisotopic (exact) mass is 446 g/mol. The molecule has 0 aromatic carbocycles. The fourth-order valence-electron chi connectivity index (χ4n) is 4.17. The summed E-state index contributed by atoms with van der Waals surface area (Å²) < 4.78 is 9.00. The molecule has 1 fully saturated rings. The van der Waals surface area contributed by atoms with Gasteiger partial charge >= 0.3 is 0 Å². The third-order valence-electron chi connectivity index (χ3n) is 6.27. The predicted molar refractivity (Wildman–Crippen MR) is 123 cm³/mol. The van der Waals surface area contributed by atoms with Crippen molar-refractivity contribution < 1.29 is 9.53 Å². The van der Waals surface area contributed by atoms with Crippen molar-refractivity contribution in [1.29, 1.82) is 0 Å². The lowest BCUT2D eigenvalue weighted by Gasteiger charge is -2.40. The Morgan fingerprint density at radius 3 is 2.79 bits per heavy atom. The zero-order valence-electron chi connectivity index (χ0n) is 18.5. The summed E-state index contributed by atoms with van der Waals surface area (Å²) >= 11 is 0. The number of aromatic nitrogens is 4. The highest BCUT2D eigenvalue weighted by Gasteiger charge is 2.36. The number of hydrogen-bond donors (Lipinski definition) is 2. The maximum atomic E-state index is 12.6. The average molecular weight is 447 g/mol. The highest BCUT2D eigenvalue weighted by atomic mass is 16.5. The second-order valence-electron chi connectivity index (χ2n) is 8.47. The lowest BCUT2D eigenvalue weighted by Crippen LogP contribution is -2.47. The van der Waals surface area contributed by atoms with Gasteiger partial charge in [0.1, 0.15) is 17.0 Å². The maximum absolute atomic E-state index is 12.6. The average Bonchev–Trinajstić information content (AvgIpc) is 3.21. The summed E-state index contributed by atoms with van der Waals surface area (Å²) in [7, 11) is 1.79. The van der Waals surface area contributed by atoms with Crippen molar-refractivity contribution in [1.82, 2.24) is 29.4 Å². The van der Waals surface area contributed by atoms with Crippen LogP contribution < -0.4 is 16.2 Å². The number of nitrogens with zero attached hydrogens (tertiary/aromatic N) is 4. The third kappa shape index (κ3) is 4.37. The number of hydrogen-bond acceptors (Lipinski definition) is 6. The van der Waals surface area contributed by atoms with E-state index in [0.29, 0.717) is 5.65 Å². The molecule has 9 heteroatoms. The summed E-state index contributed by atoms with van der Waals surface area (Å²) in [6.45, 7) is 1.82. The van der Waals surface area contributed by atoms with Gasteiger partial charge in [0, 0.05) is 44.9 Å². The lowest BCUT2D eigenvalue weighted by molar-refractivity contribution is -0.0695. The fourth-order valence-corrected chi connectivity index (χ4v) is 4.17. The molecule has 0 radical (unpaired) electrons. The van der Waals surface area contributed by atoms with Crippen LogP contribution in [0.4, 0.5) is 0 Å². The van der Waals surface area contributed by atoms with Crippen molar-refractivity contribution in [2.75, 3.05) is 13.7 Å². The summed E-state index contributed by atoms with van der Waals surface area (Å²) in [4.78, 5) is 33.6. The molecule has 4 heterocycles. The van der Waals surface area contributed by atoms with Crippen LogP contribution in [0.1, 0.15) is 41.0 Å². The standard InChI is InChI=1S/C24H26N6O3/c1-33-24(8-4-9-24)16-25-12-17-6-7-20-27-18(15-29(20)14-17)13-26-23(32)19-11-22(31)30-10-3-2-5-21(30)28-19/h2-3,5-7,10-11,14-15,25H,4,8-9,12-13,16H2,1H3,(H,26,32). The largest absolute Gasteiger partial charge is 0.377 e. The van der Waals surface area contributed by atoms with Crippen LogP contribution in [0.3, 0.4) is 0 Å². The first kappa shape index (κ1) is 21.3. The fraction of sp³-hybridized carbons (Fsp3) is 0.333.